The van der Waals surface area contributed by atoms with Gasteiger partial charge in [0, 0.05) is 17.3 Å². The van der Waals surface area contributed by atoms with Gasteiger partial charge in [-0.25, -0.2) is 15.1 Å². The Morgan fingerprint density at radius 1 is 1.11 bits per heavy atom. The maximum absolute atomic E-state index is 12.4. The number of benzene rings is 1. The first-order chi connectivity index (χ1) is 12.4. The van der Waals surface area contributed by atoms with Crippen LogP contribution in [0.4, 0.5) is 0 Å². The fourth-order valence-electron chi connectivity index (χ4n) is 2.43. The van der Waals surface area contributed by atoms with Crippen LogP contribution in [0.3, 0.4) is 0 Å². The smallest absolute Gasteiger partial charge is 0.277 e. The predicted octanol–water partition coefficient (Wildman–Crippen LogP) is 2.85. The maximum Gasteiger partial charge on any atom is 0.277 e. The molecule has 3 rings (SSSR count). The number of H-pyrrole nitrogens is 1. The lowest BCUT2D eigenvalue weighted by atomic mass is 10.1. The van der Waals surface area contributed by atoms with Crippen molar-refractivity contribution in [2.24, 2.45) is 0 Å². The molecule has 2 heterocycles. The van der Waals surface area contributed by atoms with E-state index in [4.69, 9.17) is 11.6 Å². The van der Waals surface area contributed by atoms with E-state index < -0.39 is 11.5 Å². The Morgan fingerprint density at radius 2 is 1.81 bits per heavy atom. The van der Waals surface area contributed by atoms with E-state index in [1.807, 2.05) is 6.92 Å². The summed E-state index contributed by atoms with van der Waals surface area (Å²) in [4.78, 5) is 32.9. The summed E-state index contributed by atoms with van der Waals surface area (Å²) in [7, 11) is 0. The third-order valence-electron chi connectivity index (χ3n) is 3.64. The van der Waals surface area contributed by atoms with E-state index in [9.17, 15) is 9.59 Å². The molecule has 0 radical (unpaired) electrons. The zero-order valence-electron chi connectivity index (χ0n) is 14.6. The maximum atomic E-state index is 12.4. The van der Waals surface area contributed by atoms with E-state index in [1.54, 1.807) is 37.3 Å². The highest BCUT2D eigenvalue weighted by atomic mass is 35.5. The second kappa shape index (κ2) is 8.75. The molecule has 7 nitrogen and oxygen atoms in total. The van der Waals surface area contributed by atoms with Gasteiger partial charge in [-0.05, 0) is 43.7 Å². The van der Waals surface area contributed by atoms with Crippen LogP contribution in [0, 0.1) is 13.8 Å². The summed E-state index contributed by atoms with van der Waals surface area (Å²) < 4.78 is 0. The van der Waals surface area contributed by atoms with Gasteiger partial charge in [0.05, 0.1) is 5.69 Å². The van der Waals surface area contributed by atoms with E-state index in [0.29, 0.717) is 22.2 Å². The normalized spacial score (nSPS) is 10.2. The second-order valence-electron chi connectivity index (χ2n) is 5.75. The molecular weight excluding hydrogens is 389 g/mol. The zero-order valence-corrected chi connectivity index (χ0v) is 16.2. The molecule has 1 aromatic carbocycles. The standard InChI is InChI=1S/C18H16ClN5O2.ClH/c1-10-7-15(22-11(2)21-10)16-8-14(18(26)24-23-16)17(25)20-9-12-3-5-13(19)6-4-12;/h3-8H,9H2,1-2H3,(H,20,25)(H,24,26);1H. The van der Waals surface area contributed by atoms with Crippen LogP contribution in [0.2, 0.25) is 5.02 Å². The fourth-order valence-corrected chi connectivity index (χ4v) is 2.56. The summed E-state index contributed by atoms with van der Waals surface area (Å²) in [6.45, 7) is 3.88. The predicted molar refractivity (Wildman–Crippen MR) is 105 cm³/mol. The first-order valence-electron chi connectivity index (χ1n) is 7.87. The number of amides is 1. The number of aromatic amines is 1. The van der Waals surface area contributed by atoms with Gasteiger partial charge in [0.15, 0.2) is 0 Å². The van der Waals surface area contributed by atoms with Crippen LogP contribution in [0.25, 0.3) is 11.4 Å². The van der Waals surface area contributed by atoms with Gasteiger partial charge < -0.3 is 5.32 Å². The van der Waals surface area contributed by atoms with Gasteiger partial charge in [0.2, 0.25) is 0 Å². The highest BCUT2D eigenvalue weighted by molar-refractivity contribution is 6.30. The number of aromatic nitrogens is 4. The number of nitrogens with one attached hydrogen (secondary N) is 2. The highest BCUT2D eigenvalue weighted by Crippen LogP contribution is 2.15. The van der Waals surface area contributed by atoms with Gasteiger partial charge in [0.25, 0.3) is 11.5 Å². The third-order valence-corrected chi connectivity index (χ3v) is 3.89. The number of aryl methyl sites for hydroxylation is 2. The van der Waals surface area contributed by atoms with E-state index in [0.717, 1.165) is 11.3 Å². The minimum absolute atomic E-state index is 0. The molecule has 9 heteroatoms. The number of hydrogen-bond donors (Lipinski definition) is 2. The minimum Gasteiger partial charge on any atom is -0.348 e. The van der Waals surface area contributed by atoms with Gasteiger partial charge in [-0.15, -0.1) is 12.4 Å². The molecule has 0 saturated heterocycles. The van der Waals surface area contributed by atoms with Crippen molar-refractivity contribution in [3.8, 4) is 11.4 Å². The SMILES string of the molecule is Cc1cc(-c2cc(C(=O)NCc3ccc(Cl)cc3)c(=O)[nH]n2)nc(C)n1.Cl. The first kappa shape index (κ1) is 20.5. The van der Waals surface area contributed by atoms with Crippen molar-refractivity contribution < 1.29 is 4.79 Å². The van der Waals surface area contributed by atoms with Crippen LogP contribution in [0.15, 0.2) is 41.2 Å². The van der Waals surface area contributed by atoms with Gasteiger partial charge in [-0.2, -0.15) is 5.10 Å². The molecule has 0 aliphatic rings. The lowest BCUT2D eigenvalue weighted by Gasteiger charge is -2.07. The van der Waals surface area contributed by atoms with Crippen LogP contribution in [0.1, 0.15) is 27.4 Å². The van der Waals surface area contributed by atoms with E-state index >= 15 is 0 Å². The van der Waals surface area contributed by atoms with E-state index in [-0.39, 0.29) is 24.5 Å². The molecule has 0 fully saturated rings. The molecule has 140 valence electrons. The summed E-state index contributed by atoms with van der Waals surface area (Å²) >= 11 is 5.84. The molecule has 27 heavy (non-hydrogen) atoms. The van der Waals surface area contributed by atoms with Crippen molar-refractivity contribution in [3.05, 3.63) is 74.4 Å². The topological polar surface area (TPSA) is 101 Å². The van der Waals surface area contributed by atoms with Crippen molar-refractivity contribution in [2.75, 3.05) is 0 Å². The Labute approximate surface area is 166 Å². The summed E-state index contributed by atoms with van der Waals surface area (Å²) in [6, 6.07) is 10.2. The highest BCUT2D eigenvalue weighted by Gasteiger charge is 2.14. The Balaban J connectivity index is 0.00000261. The molecule has 2 N–H and O–H groups in total. The van der Waals surface area contributed by atoms with Crippen molar-refractivity contribution in [1.29, 1.82) is 0 Å². The molecule has 0 bridgehead atoms. The molecule has 0 aliphatic carbocycles. The van der Waals surface area contributed by atoms with Crippen LogP contribution in [-0.4, -0.2) is 26.1 Å². The van der Waals surface area contributed by atoms with Gasteiger partial charge in [0.1, 0.15) is 17.1 Å². The monoisotopic (exact) mass is 405 g/mol. The first-order valence-corrected chi connectivity index (χ1v) is 8.25. The van der Waals surface area contributed by atoms with Crippen molar-refractivity contribution in [3.63, 3.8) is 0 Å². The zero-order chi connectivity index (χ0) is 18.7. The lowest BCUT2D eigenvalue weighted by Crippen LogP contribution is -2.29. The largest absolute Gasteiger partial charge is 0.348 e. The second-order valence-corrected chi connectivity index (χ2v) is 6.18. The number of carbonyl (C=O) groups is 1. The summed E-state index contributed by atoms with van der Waals surface area (Å²) in [6.07, 6.45) is 0. The Bertz CT molecular complexity index is 999. The van der Waals surface area contributed by atoms with Crippen LogP contribution in [-0.2, 0) is 6.54 Å². The lowest BCUT2D eigenvalue weighted by molar-refractivity contribution is 0.0949. The summed E-state index contributed by atoms with van der Waals surface area (Å²) in [5.74, 6) is 0.0917. The molecule has 0 spiro atoms. The average molecular weight is 406 g/mol. The number of hydrogen-bond acceptors (Lipinski definition) is 5. The summed E-state index contributed by atoms with van der Waals surface area (Å²) in [5.41, 5.74) is 1.99. The van der Waals surface area contributed by atoms with Gasteiger partial charge in [-0.3, -0.25) is 9.59 Å². The number of carbonyl (C=O) groups excluding carboxylic acids is 1. The van der Waals surface area contributed by atoms with Gasteiger partial charge in [-0.1, -0.05) is 23.7 Å². The average Bonchev–Trinajstić information content (AvgIpc) is 2.60. The Hall–Kier alpha value is -2.77. The Morgan fingerprint density at radius 3 is 2.48 bits per heavy atom. The third kappa shape index (κ3) is 5.12. The van der Waals surface area contributed by atoms with Crippen LogP contribution >= 0.6 is 24.0 Å². The number of nitrogens with zero attached hydrogens (tertiary/aromatic N) is 3. The molecular formula is C18H17Cl2N5O2. The van der Waals surface area contributed by atoms with Crippen molar-refractivity contribution >= 4 is 29.9 Å². The minimum atomic E-state index is -0.565. The molecule has 3 aromatic rings. The molecule has 1 amide bonds. The fraction of sp³-hybridized carbons (Fsp3) is 0.167. The quantitative estimate of drug-likeness (QED) is 0.694. The molecule has 0 atom stereocenters. The van der Waals surface area contributed by atoms with E-state index in [1.165, 1.54) is 6.07 Å². The molecule has 2 aromatic heterocycles. The van der Waals surface area contributed by atoms with Crippen molar-refractivity contribution in [2.45, 2.75) is 20.4 Å². The molecule has 0 unspecified atom stereocenters. The number of rotatable bonds is 4. The van der Waals surface area contributed by atoms with Gasteiger partial charge >= 0.3 is 0 Å². The summed E-state index contributed by atoms with van der Waals surface area (Å²) in [5, 5.41) is 9.66. The Kier molecular flexibility index (Phi) is 6.65. The molecule has 0 saturated carbocycles. The van der Waals surface area contributed by atoms with Crippen LogP contribution in [0.5, 0.6) is 0 Å². The number of halogens is 2. The van der Waals surface area contributed by atoms with E-state index in [2.05, 4.69) is 25.5 Å². The molecule has 0 aliphatic heterocycles. The van der Waals surface area contributed by atoms with Crippen molar-refractivity contribution in [1.82, 2.24) is 25.5 Å². The van der Waals surface area contributed by atoms with Crippen LogP contribution < -0.4 is 10.9 Å².